The second-order valence-electron chi connectivity index (χ2n) is 8.53. The van der Waals surface area contributed by atoms with E-state index in [1.165, 1.54) is 47.8 Å². The summed E-state index contributed by atoms with van der Waals surface area (Å²) in [5, 5.41) is 9.48. The van der Waals surface area contributed by atoms with Crippen LogP contribution in [0.5, 0.6) is 0 Å². The van der Waals surface area contributed by atoms with Crippen molar-refractivity contribution in [3.63, 3.8) is 0 Å². The Morgan fingerprint density at radius 2 is 1.35 bits per heavy atom. The summed E-state index contributed by atoms with van der Waals surface area (Å²) in [7, 11) is 1.21. The van der Waals surface area contributed by atoms with Gasteiger partial charge in [0.25, 0.3) is 0 Å². The maximum Gasteiger partial charge on any atom is 0.316 e. The zero-order chi connectivity index (χ0) is 25.2. The number of rotatable bonds is 10. The standard InChI is InChI=1S/C21H34O8.C2H6/c1-13(2)15(22)28-10-11-29-18(26)21(8,20(6,7)17(25)27-9)12-14(3)19(4,5)16(23)24;1-2/h12-13H,10-11H2,1-9H3,(H,23,24);1-2H3. The van der Waals surface area contributed by atoms with Gasteiger partial charge in [0, 0.05) is 0 Å². The molecule has 31 heavy (non-hydrogen) atoms. The first-order chi connectivity index (χ1) is 14.1. The van der Waals surface area contributed by atoms with E-state index in [4.69, 9.17) is 14.2 Å². The fourth-order valence-corrected chi connectivity index (χ4v) is 2.34. The topological polar surface area (TPSA) is 116 Å². The number of hydrogen-bond acceptors (Lipinski definition) is 7. The Bertz CT molecular complexity index is 673. The minimum absolute atomic E-state index is 0.124. The molecule has 0 radical (unpaired) electrons. The van der Waals surface area contributed by atoms with Crippen molar-refractivity contribution in [2.24, 2.45) is 22.2 Å². The van der Waals surface area contributed by atoms with Crippen LogP contribution in [0.1, 0.15) is 69.2 Å². The van der Waals surface area contributed by atoms with E-state index in [0.717, 1.165) is 0 Å². The van der Waals surface area contributed by atoms with E-state index in [1.54, 1.807) is 20.8 Å². The van der Waals surface area contributed by atoms with Crippen molar-refractivity contribution < 1.29 is 38.5 Å². The molecule has 0 aliphatic carbocycles. The van der Waals surface area contributed by atoms with Crippen molar-refractivity contribution in [1.29, 1.82) is 0 Å². The van der Waals surface area contributed by atoms with Gasteiger partial charge in [-0.25, -0.2) is 0 Å². The van der Waals surface area contributed by atoms with Crippen LogP contribution in [0.3, 0.4) is 0 Å². The summed E-state index contributed by atoms with van der Waals surface area (Å²) in [6.45, 7) is 16.2. The minimum atomic E-state index is -1.53. The van der Waals surface area contributed by atoms with E-state index in [2.05, 4.69) is 0 Å². The van der Waals surface area contributed by atoms with E-state index in [9.17, 15) is 24.3 Å². The summed E-state index contributed by atoms with van der Waals surface area (Å²) in [5.41, 5.74) is -3.77. The Morgan fingerprint density at radius 1 is 0.903 bits per heavy atom. The summed E-state index contributed by atoms with van der Waals surface area (Å²) < 4.78 is 15.1. The van der Waals surface area contributed by atoms with Crippen molar-refractivity contribution >= 4 is 23.9 Å². The molecule has 1 atom stereocenters. The number of ether oxygens (including phenoxy) is 3. The molecule has 1 N–H and O–H groups in total. The number of carboxylic acid groups (broad SMARTS) is 1. The maximum atomic E-state index is 13.0. The molecule has 0 saturated heterocycles. The van der Waals surface area contributed by atoms with Gasteiger partial charge < -0.3 is 19.3 Å². The summed E-state index contributed by atoms with van der Waals surface area (Å²) in [5.74, 6) is -3.21. The highest BCUT2D eigenvalue weighted by atomic mass is 16.6. The van der Waals surface area contributed by atoms with Gasteiger partial charge in [-0.2, -0.15) is 0 Å². The van der Waals surface area contributed by atoms with Crippen LogP contribution >= 0.6 is 0 Å². The normalized spacial score (nSPS) is 14.0. The first-order valence-electron chi connectivity index (χ1n) is 10.4. The molecule has 0 aromatic carbocycles. The van der Waals surface area contributed by atoms with Crippen LogP contribution in [0.2, 0.25) is 0 Å². The molecular formula is C23H40O8. The largest absolute Gasteiger partial charge is 0.481 e. The molecule has 0 saturated carbocycles. The number of carboxylic acids is 1. The number of carbonyl (C=O) groups excluding carboxylic acids is 3. The van der Waals surface area contributed by atoms with Gasteiger partial charge in [-0.15, -0.1) is 0 Å². The second kappa shape index (κ2) is 12.5. The average molecular weight is 445 g/mol. The van der Waals surface area contributed by atoms with Crippen molar-refractivity contribution in [2.45, 2.75) is 69.2 Å². The van der Waals surface area contributed by atoms with E-state index >= 15 is 0 Å². The van der Waals surface area contributed by atoms with E-state index in [1.807, 2.05) is 13.8 Å². The third-order valence-electron chi connectivity index (χ3n) is 5.48. The Hall–Kier alpha value is -2.38. The molecule has 0 aromatic rings. The number of carbonyl (C=O) groups is 4. The number of hydrogen-bond donors (Lipinski definition) is 1. The van der Waals surface area contributed by atoms with Gasteiger partial charge in [-0.1, -0.05) is 39.3 Å². The number of aliphatic carboxylic acids is 1. The summed E-state index contributed by atoms with van der Waals surface area (Å²) in [4.78, 5) is 48.5. The Kier molecular flexibility index (Phi) is 12.4. The summed E-state index contributed by atoms with van der Waals surface area (Å²) in [6.07, 6.45) is 1.44. The van der Waals surface area contributed by atoms with Crippen LogP contribution in [0.25, 0.3) is 0 Å². The highest BCUT2D eigenvalue weighted by molar-refractivity contribution is 5.90. The van der Waals surface area contributed by atoms with Crippen LogP contribution < -0.4 is 0 Å². The fraction of sp³-hybridized carbons (Fsp3) is 0.739. The second-order valence-corrected chi connectivity index (χ2v) is 8.53. The molecule has 0 spiro atoms. The monoisotopic (exact) mass is 444 g/mol. The molecular weight excluding hydrogens is 404 g/mol. The predicted molar refractivity (Wildman–Crippen MR) is 117 cm³/mol. The van der Waals surface area contributed by atoms with Gasteiger partial charge in [0.15, 0.2) is 0 Å². The average Bonchev–Trinajstić information content (AvgIpc) is 2.70. The van der Waals surface area contributed by atoms with E-state index < -0.39 is 40.1 Å². The van der Waals surface area contributed by atoms with Gasteiger partial charge in [0.05, 0.1) is 29.3 Å². The molecule has 0 amide bonds. The highest BCUT2D eigenvalue weighted by Gasteiger charge is 2.53. The van der Waals surface area contributed by atoms with Crippen LogP contribution in [0, 0.1) is 22.2 Å². The summed E-state index contributed by atoms with van der Waals surface area (Å²) in [6, 6.07) is 0. The molecule has 8 nitrogen and oxygen atoms in total. The van der Waals surface area contributed by atoms with Gasteiger partial charge in [-0.05, 0) is 41.5 Å². The first-order valence-corrected chi connectivity index (χ1v) is 10.4. The van der Waals surface area contributed by atoms with E-state index in [0.29, 0.717) is 5.57 Å². The maximum absolute atomic E-state index is 13.0. The first kappa shape index (κ1) is 30.8. The van der Waals surface area contributed by atoms with Crippen molar-refractivity contribution in [2.75, 3.05) is 20.3 Å². The number of esters is 3. The van der Waals surface area contributed by atoms with Gasteiger partial charge in [0.1, 0.15) is 13.2 Å². The number of methoxy groups -OCH3 is 1. The molecule has 0 aliphatic heterocycles. The third-order valence-corrected chi connectivity index (χ3v) is 5.48. The lowest BCUT2D eigenvalue weighted by molar-refractivity contribution is -0.172. The van der Waals surface area contributed by atoms with Crippen molar-refractivity contribution in [3.8, 4) is 0 Å². The smallest absolute Gasteiger partial charge is 0.316 e. The molecule has 0 bridgehead atoms. The Labute approximate surface area is 186 Å². The summed E-state index contributed by atoms with van der Waals surface area (Å²) >= 11 is 0. The molecule has 1 unspecified atom stereocenters. The molecule has 180 valence electrons. The SMILES string of the molecule is CC.COC(=O)C(C)(C)C(C)(C=C(C)C(C)(C)C(=O)O)C(=O)OCCOC(=O)C(C)C. The van der Waals surface area contributed by atoms with Crippen molar-refractivity contribution in [3.05, 3.63) is 11.6 Å². The van der Waals surface area contributed by atoms with Crippen LogP contribution in [-0.2, 0) is 33.4 Å². The molecule has 0 fully saturated rings. The minimum Gasteiger partial charge on any atom is -0.481 e. The molecule has 8 heteroatoms. The molecule has 0 aliphatic rings. The highest BCUT2D eigenvalue weighted by Crippen LogP contribution is 2.45. The fourth-order valence-electron chi connectivity index (χ4n) is 2.34. The quantitative estimate of drug-likeness (QED) is 0.232. The lowest BCUT2D eigenvalue weighted by Crippen LogP contribution is -2.48. The van der Waals surface area contributed by atoms with Crippen LogP contribution in [0.15, 0.2) is 11.6 Å². The van der Waals surface area contributed by atoms with Gasteiger partial charge >= 0.3 is 23.9 Å². The molecule has 0 rings (SSSR count). The lowest BCUT2D eigenvalue weighted by atomic mass is 9.64. The zero-order valence-electron chi connectivity index (χ0n) is 20.9. The van der Waals surface area contributed by atoms with Gasteiger partial charge in [0.2, 0.25) is 0 Å². The Morgan fingerprint density at radius 3 is 1.74 bits per heavy atom. The Balaban J connectivity index is 0. The van der Waals surface area contributed by atoms with Crippen LogP contribution in [-0.4, -0.2) is 49.3 Å². The molecule has 0 aromatic heterocycles. The third kappa shape index (κ3) is 7.67. The lowest BCUT2D eigenvalue weighted by Gasteiger charge is -2.39. The molecule has 0 heterocycles. The van der Waals surface area contributed by atoms with E-state index in [-0.39, 0.29) is 19.1 Å². The van der Waals surface area contributed by atoms with Gasteiger partial charge in [-0.3, -0.25) is 19.2 Å². The predicted octanol–water partition coefficient (Wildman–Crippen LogP) is 4.02. The zero-order valence-corrected chi connectivity index (χ0v) is 20.9. The van der Waals surface area contributed by atoms with Crippen LogP contribution in [0.4, 0.5) is 0 Å². The van der Waals surface area contributed by atoms with Crippen molar-refractivity contribution in [1.82, 2.24) is 0 Å².